The van der Waals surface area contributed by atoms with Crippen molar-refractivity contribution in [2.24, 2.45) is 11.8 Å². The summed E-state index contributed by atoms with van der Waals surface area (Å²) in [5.74, 6) is -0.492. The van der Waals surface area contributed by atoms with E-state index in [2.05, 4.69) is 24.1 Å². The molecule has 1 amide bonds. The van der Waals surface area contributed by atoms with Crippen molar-refractivity contribution in [1.29, 1.82) is 0 Å². The third-order valence-corrected chi connectivity index (χ3v) is 5.58. The Labute approximate surface area is 166 Å². The van der Waals surface area contributed by atoms with Crippen molar-refractivity contribution in [3.63, 3.8) is 0 Å². The SMILES string of the molecule is Cc1[nH]c(C(=O)OCC(=O)N[C@@H]2CCC[C@@H](C)[C@@H]2C)c(C)c1C(=O)OC(C)C. The molecule has 1 saturated carbocycles. The van der Waals surface area contributed by atoms with Crippen molar-refractivity contribution in [3.05, 3.63) is 22.5 Å². The summed E-state index contributed by atoms with van der Waals surface area (Å²) in [5, 5.41) is 2.98. The molecule has 0 aromatic carbocycles. The Morgan fingerprint density at radius 2 is 1.82 bits per heavy atom. The Morgan fingerprint density at radius 1 is 1.14 bits per heavy atom. The minimum Gasteiger partial charge on any atom is -0.459 e. The van der Waals surface area contributed by atoms with Gasteiger partial charge in [0.2, 0.25) is 0 Å². The van der Waals surface area contributed by atoms with Crippen LogP contribution in [0.3, 0.4) is 0 Å². The number of hydrogen-bond acceptors (Lipinski definition) is 5. The Balaban J connectivity index is 1.96. The van der Waals surface area contributed by atoms with E-state index < -0.39 is 11.9 Å². The van der Waals surface area contributed by atoms with Crippen LogP contribution in [0.15, 0.2) is 0 Å². The molecule has 0 aliphatic heterocycles. The second kappa shape index (κ2) is 9.26. The molecule has 3 atom stereocenters. The second-order valence-corrected chi connectivity index (χ2v) is 8.10. The van der Waals surface area contributed by atoms with E-state index in [-0.39, 0.29) is 30.4 Å². The first-order valence-corrected chi connectivity index (χ1v) is 9.98. The number of carbonyl (C=O) groups excluding carboxylic acids is 3. The van der Waals surface area contributed by atoms with Gasteiger partial charge in [-0.2, -0.15) is 0 Å². The molecular weight excluding hydrogens is 360 g/mol. The number of esters is 2. The van der Waals surface area contributed by atoms with Gasteiger partial charge in [-0.15, -0.1) is 0 Å². The van der Waals surface area contributed by atoms with Crippen LogP contribution in [0.25, 0.3) is 0 Å². The number of ether oxygens (including phenoxy) is 2. The first kappa shape index (κ1) is 22.0. The highest BCUT2D eigenvalue weighted by Gasteiger charge is 2.29. The summed E-state index contributed by atoms with van der Waals surface area (Å²) in [4.78, 5) is 39.7. The van der Waals surface area contributed by atoms with Gasteiger partial charge in [0, 0.05) is 11.7 Å². The van der Waals surface area contributed by atoms with Gasteiger partial charge in [0.15, 0.2) is 6.61 Å². The van der Waals surface area contributed by atoms with Crippen LogP contribution >= 0.6 is 0 Å². The molecule has 1 aliphatic rings. The zero-order chi connectivity index (χ0) is 21.0. The standard InChI is InChI=1S/C21H32N2O5/c1-11(2)28-20(25)18-14(5)19(22-15(18)6)21(26)27-10-17(24)23-16-9-7-8-12(3)13(16)4/h11-13,16,22H,7-10H2,1-6H3,(H,23,24)/t12-,13+,16-/m1/s1. The van der Waals surface area contributed by atoms with Crippen molar-refractivity contribution in [2.75, 3.05) is 6.61 Å². The number of aromatic amines is 1. The third-order valence-electron chi connectivity index (χ3n) is 5.58. The Bertz CT molecular complexity index is 737. The molecule has 28 heavy (non-hydrogen) atoms. The summed E-state index contributed by atoms with van der Waals surface area (Å²) < 4.78 is 10.4. The smallest absolute Gasteiger partial charge is 0.355 e. The van der Waals surface area contributed by atoms with Crippen molar-refractivity contribution in [1.82, 2.24) is 10.3 Å². The van der Waals surface area contributed by atoms with Crippen LogP contribution in [0.2, 0.25) is 0 Å². The van der Waals surface area contributed by atoms with Crippen LogP contribution in [0.5, 0.6) is 0 Å². The number of carbonyl (C=O) groups is 3. The fraction of sp³-hybridized carbons (Fsp3) is 0.667. The average molecular weight is 392 g/mol. The zero-order valence-electron chi connectivity index (χ0n) is 17.7. The molecular formula is C21H32N2O5. The number of rotatable bonds is 6. The number of amides is 1. The van der Waals surface area contributed by atoms with Crippen LogP contribution in [0, 0.1) is 25.7 Å². The lowest BCUT2D eigenvalue weighted by Gasteiger charge is -2.34. The molecule has 7 nitrogen and oxygen atoms in total. The first-order chi connectivity index (χ1) is 13.1. The van der Waals surface area contributed by atoms with Gasteiger partial charge in [-0.1, -0.05) is 26.7 Å². The summed E-state index contributed by atoms with van der Waals surface area (Å²) >= 11 is 0. The lowest BCUT2D eigenvalue weighted by molar-refractivity contribution is -0.125. The maximum Gasteiger partial charge on any atom is 0.355 e. The minimum atomic E-state index is -0.663. The molecule has 7 heteroatoms. The second-order valence-electron chi connectivity index (χ2n) is 8.10. The molecule has 0 saturated heterocycles. The van der Waals surface area contributed by atoms with Crippen LogP contribution in [-0.2, 0) is 14.3 Å². The topological polar surface area (TPSA) is 97.5 Å². The molecule has 2 rings (SSSR count). The van der Waals surface area contributed by atoms with E-state index in [4.69, 9.17) is 9.47 Å². The summed E-state index contributed by atoms with van der Waals surface area (Å²) in [6, 6.07) is 0.113. The minimum absolute atomic E-state index is 0.113. The van der Waals surface area contributed by atoms with E-state index in [0.717, 1.165) is 12.8 Å². The lowest BCUT2D eigenvalue weighted by atomic mass is 9.78. The number of hydrogen-bond donors (Lipinski definition) is 2. The molecule has 1 aromatic rings. The van der Waals surface area contributed by atoms with Crippen molar-refractivity contribution in [2.45, 2.75) is 73.0 Å². The number of aromatic nitrogens is 1. The van der Waals surface area contributed by atoms with Crippen LogP contribution in [-0.4, -0.2) is 41.6 Å². The Hall–Kier alpha value is -2.31. The van der Waals surface area contributed by atoms with Gasteiger partial charge in [-0.25, -0.2) is 9.59 Å². The molecule has 156 valence electrons. The Kier molecular flexibility index (Phi) is 7.27. The van der Waals surface area contributed by atoms with E-state index in [1.807, 2.05) is 0 Å². The van der Waals surface area contributed by atoms with Gasteiger partial charge in [-0.05, 0) is 51.5 Å². The summed E-state index contributed by atoms with van der Waals surface area (Å²) in [6.45, 7) is 10.9. The van der Waals surface area contributed by atoms with Gasteiger partial charge in [0.25, 0.3) is 5.91 Å². The average Bonchev–Trinajstić information content (AvgIpc) is 2.91. The summed E-state index contributed by atoms with van der Waals surface area (Å²) in [6.07, 6.45) is 2.95. The van der Waals surface area contributed by atoms with Crippen molar-refractivity contribution < 1.29 is 23.9 Å². The molecule has 0 radical (unpaired) electrons. The maximum absolute atomic E-state index is 12.4. The van der Waals surface area contributed by atoms with E-state index >= 15 is 0 Å². The van der Waals surface area contributed by atoms with Gasteiger partial charge in [0.1, 0.15) is 5.69 Å². The molecule has 1 heterocycles. The van der Waals surface area contributed by atoms with Gasteiger partial charge >= 0.3 is 11.9 Å². The highest BCUT2D eigenvalue weighted by molar-refractivity contribution is 5.99. The van der Waals surface area contributed by atoms with Gasteiger partial charge in [-0.3, -0.25) is 4.79 Å². The van der Waals surface area contributed by atoms with Crippen molar-refractivity contribution >= 4 is 17.8 Å². The predicted molar refractivity (Wildman–Crippen MR) is 105 cm³/mol. The maximum atomic E-state index is 12.4. The highest BCUT2D eigenvalue weighted by atomic mass is 16.5. The molecule has 2 N–H and O–H groups in total. The molecule has 0 spiro atoms. The quantitative estimate of drug-likeness (QED) is 0.724. The molecule has 1 aromatic heterocycles. The van der Waals surface area contributed by atoms with Crippen LogP contribution < -0.4 is 5.32 Å². The monoisotopic (exact) mass is 392 g/mol. The summed E-state index contributed by atoms with van der Waals surface area (Å²) in [5.41, 5.74) is 1.49. The number of aryl methyl sites for hydroxylation is 1. The molecule has 1 aliphatic carbocycles. The van der Waals surface area contributed by atoms with Gasteiger partial charge in [0.05, 0.1) is 11.7 Å². The van der Waals surface area contributed by atoms with Gasteiger partial charge < -0.3 is 19.8 Å². The fourth-order valence-corrected chi connectivity index (χ4v) is 3.77. The van der Waals surface area contributed by atoms with E-state index in [9.17, 15) is 14.4 Å². The normalized spacial score (nSPS) is 22.0. The largest absolute Gasteiger partial charge is 0.459 e. The predicted octanol–water partition coefficient (Wildman–Crippen LogP) is 3.29. The van der Waals surface area contributed by atoms with Crippen LogP contribution in [0.1, 0.15) is 79.1 Å². The lowest BCUT2D eigenvalue weighted by Crippen LogP contribution is -2.45. The molecule has 0 unspecified atom stereocenters. The zero-order valence-corrected chi connectivity index (χ0v) is 17.7. The van der Waals surface area contributed by atoms with E-state index in [1.54, 1.807) is 27.7 Å². The number of nitrogens with one attached hydrogen (secondary N) is 2. The highest BCUT2D eigenvalue weighted by Crippen LogP contribution is 2.29. The van der Waals surface area contributed by atoms with Crippen molar-refractivity contribution in [3.8, 4) is 0 Å². The number of H-pyrrole nitrogens is 1. The summed E-state index contributed by atoms with van der Waals surface area (Å²) in [7, 11) is 0. The molecule has 0 bridgehead atoms. The fourth-order valence-electron chi connectivity index (χ4n) is 3.77. The Morgan fingerprint density at radius 3 is 2.46 bits per heavy atom. The van der Waals surface area contributed by atoms with E-state index in [1.165, 1.54) is 6.42 Å². The van der Waals surface area contributed by atoms with E-state index in [0.29, 0.717) is 28.7 Å². The third kappa shape index (κ3) is 5.14. The van der Waals surface area contributed by atoms with Crippen LogP contribution in [0.4, 0.5) is 0 Å². The molecule has 1 fully saturated rings. The first-order valence-electron chi connectivity index (χ1n) is 9.98.